The van der Waals surface area contributed by atoms with Crippen molar-refractivity contribution < 1.29 is 9.47 Å². The number of methoxy groups -OCH3 is 2. The Hall–Kier alpha value is -2.74. The summed E-state index contributed by atoms with van der Waals surface area (Å²) in [6.07, 6.45) is 0. The third-order valence-corrected chi connectivity index (χ3v) is 4.01. The van der Waals surface area contributed by atoms with Crippen molar-refractivity contribution in [1.82, 2.24) is 0 Å². The molecule has 0 aliphatic carbocycles. The first kappa shape index (κ1) is 15.2. The Labute approximate surface area is 137 Å². The van der Waals surface area contributed by atoms with E-state index in [0.717, 1.165) is 17.1 Å². The molecule has 0 fully saturated rings. The van der Waals surface area contributed by atoms with E-state index in [1.807, 2.05) is 24.3 Å². The lowest BCUT2D eigenvalue weighted by Gasteiger charge is -2.22. The van der Waals surface area contributed by atoms with E-state index >= 15 is 0 Å². The van der Waals surface area contributed by atoms with Gasteiger partial charge in [-0.2, -0.15) is 0 Å². The van der Waals surface area contributed by atoms with Gasteiger partial charge in [0, 0.05) is 11.5 Å². The summed E-state index contributed by atoms with van der Waals surface area (Å²) in [5.74, 6) is 1.64. The van der Waals surface area contributed by atoms with Gasteiger partial charge in [-0.3, -0.25) is 0 Å². The third kappa shape index (κ3) is 3.07. The number of benzene rings is 3. The normalized spacial score (nSPS) is 10.6. The van der Waals surface area contributed by atoms with E-state index in [1.54, 1.807) is 14.2 Å². The zero-order chi connectivity index (χ0) is 16.1. The Bertz CT molecular complexity index is 712. The molecular weight excluding hydrogens is 284 g/mol. The molecule has 0 saturated carbocycles. The van der Waals surface area contributed by atoms with Gasteiger partial charge in [-0.15, -0.1) is 0 Å². The molecule has 2 heteroatoms. The lowest BCUT2D eigenvalue weighted by Crippen LogP contribution is -2.06. The van der Waals surface area contributed by atoms with Gasteiger partial charge in [-0.05, 0) is 17.2 Å². The minimum absolute atomic E-state index is 0.0995. The Morgan fingerprint density at radius 1 is 0.609 bits per heavy atom. The summed E-state index contributed by atoms with van der Waals surface area (Å²) in [5.41, 5.74) is 3.56. The van der Waals surface area contributed by atoms with E-state index in [4.69, 9.17) is 9.47 Å². The predicted octanol–water partition coefficient (Wildman–Crippen LogP) is 4.88. The molecule has 0 heterocycles. The van der Waals surface area contributed by atoms with Crippen LogP contribution in [0.3, 0.4) is 0 Å². The monoisotopic (exact) mass is 304 g/mol. The van der Waals surface area contributed by atoms with Gasteiger partial charge in [0.15, 0.2) is 11.5 Å². The molecule has 0 radical (unpaired) electrons. The molecule has 23 heavy (non-hydrogen) atoms. The SMILES string of the molecule is COc1cccc(C(c2ccccc2)c2ccccc2)c1OC. The van der Waals surface area contributed by atoms with Crippen molar-refractivity contribution in [3.05, 3.63) is 95.6 Å². The zero-order valence-corrected chi connectivity index (χ0v) is 13.4. The Balaban J connectivity index is 2.21. The molecule has 3 aromatic rings. The number of rotatable bonds is 5. The topological polar surface area (TPSA) is 18.5 Å². The lowest BCUT2D eigenvalue weighted by atomic mass is 9.84. The molecule has 0 aliphatic rings. The van der Waals surface area contributed by atoms with Gasteiger partial charge < -0.3 is 9.47 Å². The van der Waals surface area contributed by atoms with E-state index in [0.29, 0.717) is 0 Å². The van der Waals surface area contributed by atoms with Gasteiger partial charge in [0.1, 0.15) is 0 Å². The summed E-state index contributed by atoms with van der Waals surface area (Å²) < 4.78 is 11.1. The van der Waals surface area contributed by atoms with Gasteiger partial charge in [0.2, 0.25) is 0 Å². The van der Waals surface area contributed by atoms with Crippen LogP contribution < -0.4 is 9.47 Å². The molecule has 0 aliphatic heterocycles. The highest BCUT2D eigenvalue weighted by molar-refractivity contribution is 5.54. The highest BCUT2D eigenvalue weighted by atomic mass is 16.5. The first-order valence-electron chi connectivity index (χ1n) is 7.66. The lowest BCUT2D eigenvalue weighted by molar-refractivity contribution is 0.351. The standard InChI is InChI=1S/C21H20O2/c1-22-19-15-9-14-18(21(19)23-2)20(16-10-5-3-6-11-16)17-12-7-4-8-13-17/h3-15,20H,1-2H3. The molecule has 116 valence electrons. The number of hydrogen-bond acceptors (Lipinski definition) is 2. The van der Waals surface area contributed by atoms with Crippen LogP contribution in [0, 0.1) is 0 Å². The van der Waals surface area contributed by atoms with Crippen molar-refractivity contribution in [3.63, 3.8) is 0 Å². The number of ether oxygens (including phenoxy) is 2. The Morgan fingerprint density at radius 2 is 1.17 bits per heavy atom. The summed E-state index contributed by atoms with van der Waals surface area (Å²) in [6.45, 7) is 0. The number of para-hydroxylation sites is 1. The Kier molecular flexibility index (Phi) is 4.62. The van der Waals surface area contributed by atoms with Gasteiger partial charge in [-0.25, -0.2) is 0 Å². The summed E-state index contributed by atoms with van der Waals surface area (Å²) in [4.78, 5) is 0. The molecule has 0 saturated heterocycles. The van der Waals surface area contributed by atoms with Crippen molar-refractivity contribution in [3.8, 4) is 11.5 Å². The second kappa shape index (κ2) is 7.01. The van der Waals surface area contributed by atoms with Crippen molar-refractivity contribution in [2.45, 2.75) is 5.92 Å². The second-order valence-electron chi connectivity index (χ2n) is 5.34. The van der Waals surface area contributed by atoms with E-state index in [1.165, 1.54) is 11.1 Å². The van der Waals surface area contributed by atoms with Crippen LogP contribution in [0.25, 0.3) is 0 Å². The molecule has 3 rings (SSSR count). The quantitative estimate of drug-likeness (QED) is 0.625. The van der Waals surface area contributed by atoms with Crippen LogP contribution in [-0.4, -0.2) is 14.2 Å². The summed E-state index contributed by atoms with van der Waals surface area (Å²) in [6, 6.07) is 27.0. The van der Waals surface area contributed by atoms with Crippen LogP contribution in [0.4, 0.5) is 0 Å². The molecule has 0 N–H and O–H groups in total. The molecule has 0 atom stereocenters. The van der Waals surface area contributed by atoms with E-state index in [2.05, 4.69) is 54.6 Å². The van der Waals surface area contributed by atoms with Crippen molar-refractivity contribution >= 4 is 0 Å². The van der Waals surface area contributed by atoms with Gasteiger partial charge in [0.25, 0.3) is 0 Å². The molecule has 0 spiro atoms. The average Bonchev–Trinajstić information content (AvgIpc) is 2.63. The van der Waals surface area contributed by atoms with Crippen LogP contribution in [0.1, 0.15) is 22.6 Å². The maximum Gasteiger partial charge on any atom is 0.164 e. The van der Waals surface area contributed by atoms with Crippen LogP contribution in [0.2, 0.25) is 0 Å². The third-order valence-electron chi connectivity index (χ3n) is 4.01. The van der Waals surface area contributed by atoms with Crippen LogP contribution in [0.5, 0.6) is 11.5 Å². The summed E-state index contributed by atoms with van der Waals surface area (Å²) in [5, 5.41) is 0. The Morgan fingerprint density at radius 3 is 1.65 bits per heavy atom. The second-order valence-corrected chi connectivity index (χ2v) is 5.34. The first-order valence-corrected chi connectivity index (χ1v) is 7.66. The van der Waals surface area contributed by atoms with E-state index in [-0.39, 0.29) is 5.92 Å². The fraction of sp³-hybridized carbons (Fsp3) is 0.143. The van der Waals surface area contributed by atoms with E-state index in [9.17, 15) is 0 Å². The predicted molar refractivity (Wildman–Crippen MR) is 93.4 cm³/mol. The molecule has 0 bridgehead atoms. The molecular formula is C21H20O2. The maximum absolute atomic E-state index is 5.67. The minimum Gasteiger partial charge on any atom is -0.493 e. The van der Waals surface area contributed by atoms with E-state index < -0.39 is 0 Å². The molecule has 0 unspecified atom stereocenters. The smallest absolute Gasteiger partial charge is 0.164 e. The van der Waals surface area contributed by atoms with Gasteiger partial charge >= 0.3 is 0 Å². The average molecular weight is 304 g/mol. The molecule has 3 aromatic carbocycles. The van der Waals surface area contributed by atoms with Gasteiger partial charge in [-0.1, -0.05) is 72.8 Å². The largest absolute Gasteiger partial charge is 0.493 e. The van der Waals surface area contributed by atoms with Crippen molar-refractivity contribution in [2.75, 3.05) is 14.2 Å². The summed E-state index contributed by atoms with van der Waals surface area (Å²) in [7, 11) is 3.36. The molecule has 0 aromatic heterocycles. The fourth-order valence-electron chi connectivity index (χ4n) is 2.98. The minimum atomic E-state index is 0.0995. The number of hydrogen-bond donors (Lipinski definition) is 0. The van der Waals surface area contributed by atoms with Crippen LogP contribution in [0.15, 0.2) is 78.9 Å². The van der Waals surface area contributed by atoms with Crippen molar-refractivity contribution in [2.24, 2.45) is 0 Å². The fourth-order valence-corrected chi connectivity index (χ4v) is 2.98. The van der Waals surface area contributed by atoms with Crippen molar-refractivity contribution in [1.29, 1.82) is 0 Å². The van der Waals surface area contributed by atoms with Crippen LogP contribution in [-0.2, 0) is 0 Å². The van der Waals surface area contributed by atoms with Crippen LogP contribution >= 0.6 is 0 Å². The first-order chi connectivity index (χ1) is 11.3. The highest BCUT2D eigenvalue weighted by Crippen LogP contribution is 2.41. The molecule has 2 nitrogen and oxygen atoms in total. The summed E-state index contributed by atoms with van der Waals surface area (Å²) >= 11 is 0. The molecule has 0 amide bonds. The highest BCUT2D eigenvalue weighted by Gasteiger charge is 2.22. The maximum atomic E-state index is 5.67. The zero-order valence-electron chi connectivity index (χ0n) is 13.4. The van der Waals surface area contributed by atoms with Gasteiger partial charge in [0.05, 0.1) is 14.2 Å².